The van der Waals surface area contributed by atoms with E-state index in [1.165, 1.54) is 5.56 Å². The van der Waals surface area contributed by atoms with Crippen LogP contribution in [0, 0.1) is 13.8 Å². The summed E-state index contributed by atoms with van der Waals surface area (Å²) in [6, 6.07) is 20.3. The lowest BCUT2D eigenvalue weighted by Crippen LogP contribution is -2.02. The number of oxazole rings is 1. The molecule has 5 aromatic rings. The first kappa shape index (κ1) is 20.2. The van der Waals surface area contributed by atoms with Gasteiger partial charge in [-0.3, -0.25) is 9.55 Å². The van der Waals surface area contributed by atoms with Gasteiger partial charge in [0.1, 0.15) is 6.26 Å². The number of aryl methyl sites for hydroxylation is 2. The van der Waals surface area contributed by atoms with Crippen molar-refractivity contribution in [2.45, 2.75) is 24.8 Å². The molecular formula is C25H21N5OS. The predicted octanol–water partition coefficient (Wildman–Crippen LogP) is 5.89. The van der Waals surface area contributed by atoms with Gasteiger partial charge >= 0.3 is 0 Å². The second-order valence-electron chi connectivity index (χ2n) is 7.47. The van der Waals surface area contributed by atoms with Crippen molar-refractivity contribution in [3.63, 3.8) is 0 Å². The third-order valence-corrected chi connectivity index (χ3v) is 6.07. The van der Waals surface area contributed by atoms with Crippen molar-refractivity contribution in [3.05, 3.63) is 96.1 Å². The van der Waals surface area contributed by atoms with Crippen molar-refractivity contribution >= 4 is 11.8 Å². The van der Waals surface area contributed by atoms with Gasteiger partial charge < -0.3 is 4.42 Å². The van der Waals surface area contributed by atoms with E-state index in [1.54, 1.807) is 30.4 Å². The molecule has 0 radical (unpaired) electrons. The van der Waals surface area contributed by atoms with Crippen molar-refractivity contribution < 1.29 is 4.42 Å². The zero-order valence-corrected chi connectivity index (χ0v) is 18.6. The van der Waals surface area contributed by atoms with Gasteiger partial charge in [0, 0.05) is 29.3 Å². The molecule has 0 saturated carbocycles. The van der Waals surface area contributed by atoms with E-state index < -0.39 is 0 Å². The van der Waals surface area contributed by atoms with Crippen LogP contribution >= 0.6 is 11.8 Å². The average molecular weight is 440 g/mol. The normalized spacial score (nSPS) is 11.1. The Balaban J connectivity index is 1.45. The van der Waals surface area contributed by atoms with Crippen molar-refractivity contribution in [1.82, 2.24) is 24.7 Å². The van der Waals surface area contributed by atoms with Crippen LogP contribution in [0.25, 0.3) is 28.5 Å². The molecule has 3 aromatic heterocycles. The third kappa shape index (κ3) is 4.07. The SMILES string of the molecule is Cc1ccc(-c2nc(CSc3nnc(-c4cccnc4)n3-c3ccccc3C)co2)cc1. The average Bonchev–Trinajstić information content (AvgIpc) is 3.46. The molecular weight excluding hydrogens is 418 g/mol. The molecule has 3 heterocycles. The number of para-hydroxylation sites is 1. The van der Waals surface area contributed by atoms with E-state index >= 15 is 0 Å². The fraction of sp³-hybridized carbons (Fsp3) is 0.120. The summed E-state index contributed by atoms with van der Waals surface area (Å²) in [6.45, 7) is 4.15. The van der Waals surface area contributed by atoms with Gasteiger partial charge in [0.05, 0.1) is 11.4 Å². The first-order valence-electron chi connectivity index (χ1n) is 10.2. The van der Waals surface area contributed by atoms with Crippen LogP contribution in [0.1, 0.15) is 16.8 Å². The lowest BCUT2D eigenvalue weighted by Gasteiger charge is -2.12. The van der Waals surface area contributed by atoms with Gasteiger partial charge in [0.15, 0.2) is 11.0 Å². The smallest absolute Gasteiger partial charge is 0.226 e. The largest absolute Gasteiger partial charge is 0.444 e. The molecule has 0 atom stereocenters. The number of benzene rings is 2. The van der Waals surface area contributed by atoms with E-state index in [2.05, 4.69) is 62.8 Å². The lowest BCUT2D eigenvalue weighted by molar-refractivity contribution is 0.573. The summed E-state index contributed by atoms with van der Waals surface area (Å²) in [7, 11) is 0. The summed E-state index contributed by atoms with van der Waals surface area (Å²) < 4.78 is 7.79. The number of nitrogens with zero attached hydrogens (tertiary/aromatic N) is 5. The van der Waals surface area contributed by atoms with Gasteiger partial charge in [-0.25, -0.2) is 4.98 Å². The van der Waals surface area contributed by atoms with Gasteiger partial charge in [-0.15, -0.1) is 10.2 Å². The molecule has 0 spiro atoms. The minimum Gasteiger partial charge on any atom is -0.444 e. The summed E-state index contributed by atoms with van der Waals surface area (Å²) in [5, 5.41) is 9.76. The Hall–Kier alpha value is -3.71. The summed E-state index contributed by atoms with van der Waals surface area (Å²) >= 11 is 1.58. The highest BCUT2D eigenvalue weighted by atomic mass is 32.2. The number of hydrogen-bond acceptors (Lipinski definition) is 6. The Morgan fingerprint density at radius 3 is 2.53 bits per heavy atom. The molecule has 0 saturated heterocycles. The standard InChI is InChI=1S/C25H21N5OS/c1-17-9-11-19(12-10-17)24-27-21(15-31-24)16-32-25-29-28-23(20-7-5-13-26-14-20)30(25)22-8-4-3-6-18(22)2/h3-15H,16H2,1-2H3. The molecule has 158 valence electrons. The zero-order valence-electron chi connectivity index (χ0n) is 17.8. The van der Waals surface area contributed by atoms with Crippen molar-refractivity contribution in [2.24, 2.45) is 0 Å². The summed E-state index contributed by atoms with van der Waals surface area (Å²) in [6.07, 6.45) is 5.27. The molecule has 0 unspecified atom stereocenters. The molecule has 0 aliphatic rings. The van der Waals surface area contributed by atoms with E-state index in [9.17, 15) is 0 Å². The molecule has 5 rings (SSSR count). The maximum Gasteiger partial charge on any atom is 0.226 e. The summed E-state index contributed by atoms with van der Waals surface area (Å²) in [4.78, 5) is 8.90. The van der Waals surface area contributed by atoms with Gasteiger partial charge in [-0.2, -0.15) is 0 Å². The van der Waals surface area contributed by atoms with E-state index in [1.807, 2.05) is 36.4 Å². The number of aromatic nitrogens is 5. The minimum absolute atomic E-state index is 0.617. The van der Waals surface area contributed by atoms with Crippen molar-refractivity contribution in [1.29, 1.82) is 0 Å². The Morgan fingerprint density at radius 1 is 0.906 bits per heavy atom. The van der Waals surface area contributed by atoms with Gasteiger partial charge in [-0.05, 0) is 49.7 Å². The Labute approximate surface area is 190 Å². The molecule has 6 nitrogen and oxygen atoms in total. The van der Waals surface area contributed by atoms with Crippen LogP contribution in [-0.4, -0.2) is 24.7 Å². The number of pyridine rings is 1. The minimum atomic E-state index is 0.617. The maximum atomic E-state index is 5.71. The van der Waals surface area contributed by atoms with Gasteiger partial charge in [-0.1, -0.05) is 47.7 Å². The molecule has 0 fully saturated rings. The van der Waals surface area contributed by atoms with Crippen LogP contribution in [0.2, 0.25) is 0 Å². The second-order valence-corrected chi connectivity index (χ2v) is 8.41. The van der Waals surface area contributed by atoms with E-state index in [0.717, 1.165) is 39.1 Å². The molecule has 0 amide bonds. The van der Waals surface area contributed by atoms with Crippen LogP contribution in [0.3, 0.4) is 0 Å². The van der Waals surface area contributed by atoms with Crippen LogP contribution in [0.4, 0.5) is 0 Å². The van der Waals surface area contributed by atoms with Crippen LogP contribution in [-0.2, 0) is 5.75 Å². The molecule has 2 aromatic carbocycles. The molecule has 0 aliphatic heterocycles. The van der Waals surface area contributed by atoms with Crippen LogP contribution in [0.15, 0.2) is 88.9 Å². The van der Waals surface area contributed by atoms with Crippen molar-refractivity contribution in [2.75, 3.05) is 0 Å². The highest BCUT2D eigenvalue weighted by Crippen LogP contribution is 2.31. The van der Waals surface area contributed by atoms with Gasteiger partial charge in [0.25, 0.3) is 0 Å². The molecule has 0 bridgehead atoms. The zero-order chi connectivity index (χ0) is 21.9. The lowest BCUT2D eigenvalue weighted by atomic mass is 10.1. The molecule has 32 heavy (non-hydrogen) atoms. The van der Waals surface area contributed by atoms with E-state index in [0.29, 0.717) is 11.6 Å². The predicted molar refractivity (Wildman–Crippen MR) is 126 cm³/mol. The molecule has 0 aliphatic carbocycles. The Kier molecular flexibility index (Phi) is 5.56. The van der Waals surface area contributed by atoms with Crippen LogP contribution in [0.5, 0.6) is 0 Å². The first-order valence-corrected chi connectivity index (χ1v) is 11.2. The second kappa shape index (κ2) is 8.80. The number of thioether (sulfide) groups is 1. The molecule has 0 N–H and O–H groups in total. The fourth-order valence-corrected chi connectivity index (χ4v) is 4.24. The number of rotatable bonds is 6. The summed E-state index contributed by atoms with van der Waals surface area (Å²) in [5.41, 5.74) is 6.12. The third-order valence-electron chi connectivity index (χ3n) is 5.11. The first-order chi connectivity index (χ1) is 15.7. The quantitative estimate of drug-likeness (QED) is 0.307. The summed E-state index contributed by atoms with van der Waals surface area (Å²) in [5.74, 6) is 2.00. The highest BCUT2D eigenvalue weighted by Gasteiger charge is 2.18. The number of hydrogen-bond donors (Lipinski definition) is 0. The van der Waals surface area contributed by atoms with E-state index in [4.69, 9.17) is 4.42 Å². The fourth-order valence-electron chi connectivity index (χ4n) is 3.42. The highest BCUT2D eigenvalue weighted by molar-refractivity contribution is 7.98. The molecule has 7 heteroatoms. The van der Waals surface area contributed by atoms with E-state index in [-0.39, 0.29) is 0 Å². The Morgan fingerprint density at radius 2 is 1.75 bits per heavy atom. The Bertz CT molecular complexity index is 1340. The maximum absolute atomic E-state index is 5.71. The topological polar surface area (TPSA) is 69.6 Å². The monoisotopic (exact) mass is 439 g/mol. The van der Waals surface area contributed by atoms with Crippen molar-refractivity contribution in [3.8, 4) is 28.5 Å². The van der Waals surface area contributed by atoms with Crippen LogP contribution < -0.4 is 0 Å². The van der Waals surface area contributed by atoms with Gasteiger partial charge in [0.2, 0.25) is 5.89 Å².